The summed E-state index contributed by atoms with van der Waals surface area (Å²) >= 11 is 0. The molecule has 9 heavy (non-hydrogen) atoms. The first-order valence-corrected chi connectivity index (χ1v) is 6.91. The zero-order valence-corrected chi connectivity index (χ0v) is 7.20. The average molecular weight is 178 g/mol. The second-order valence-electron chi connectivity index (χ2n) is 1.97. The van der Waals surface area contributed by atoms with Gasteiger partial charge in [0, 0.05) is 0 Å². The Morgan fingerprint density at radius 3 is 1.11 bits per heavy atom. The van der Waals surface area contributed by atoms with Crippen molar-refractivity contribution in [3.63, 3.8) is 0 Å². The van der Waals surface area contributed by atoms with Gasteiger partial charge in [-0.1, -0.05) is 0 Å². The van der Waals surface area contributed by atoms with Crippen LogP contribution in [0.5, 0.6) is 0 Å². The van der Waals surface area contributed by atoms with Gasteiger partial charge in [0.1, 0.15) is 0 Å². The van der Waals surface area contributed by atoms with Crippen molar-refractivity contribution in [2.45, 2.75) is 0 Å². The molecule has 0 saturated heterocycles. The van der Waals surface area contributed by atoms with E-state index in [4.69, 9.17) is 19.6 Å². The van der Waals surface area contributed by atoms with Crippen LogP contribution in [0, 0.1) is 0 Å². The van der Waals surface area contributed by atoms with Crippen molar-refractivity contribution in [2.24, 2.45) is 0 Å². The van der Waals surface area contributed by atoms with E-state index in [1.807, 2.05) is 0 Å². The van der Waals surface area contributed by atoms with E-state index in [1.54, 1.807) is 0 Å². The van der Waals surface area contributed by atoms with Crippen LogP contribution in [0.25, 0.3) is 0 Å². The molecule has 0 radical (unpaired) electrons. The van der Waals surface area contributed by atoms with Gasteiger partial charge in [-0.05, 0) is 0 Å². The Hall–Kier alpha value is 0.660. The summed E-state index contributed by atoms with van der Waals surface area (Å²) in [4.78, 5) is 34.2. The standard InChI is InChI=1S/C2H12O5P2/c1-8(3,4)7-9(2,5)6/h3-6,8-9H,1-2H3. The summed E-state index contributed by atoms with van der Waals surface area (Å²) in [6.07, 6.45) is 0. The molecule has 0 aliphatic rings. The Labute approximate surface area is 54.1 Å². The maximum atomic E-state index is 8.54. The molecule has 0 aromatic carbocycles. The molecule has 0 spiro atoms. The topological polar surface area (TPSA) is 90.2 Å². The maximum absolute atomic E-state index is 8.54. The fraction of sp³-hybridized carbons (Fsp3) is 1.00. The van der Waals surface area contributed by atoms with Crippen LogP contribution in [0.4, 0.5) is 0 Å². The summed E-state index contributed by atoms with van der Waals surface area (Å²) in [6, 6.07) is 0. The van der Waals surface area contributed by atoms with E-state index in [2.05, 4.69) is 4.31 Å². The van der Waals surface area contributed by atoms with Crippen molar-refractivity contribution < 1.29 is 23.9 Å². The van der Waals surface area contributed by atoms with Gasteiger partial charge in [0.2, 0.25) is 0 Å². The Bertz CT molecular complexity index is 78.1. The van der Waals surface area contributed by atoms with E-state index in [0.717, 1.165) is 13.3 Å². The van der Waals surface area contributed by atoms with E-state index < -0.39 is 15.9 Å². The van der Waals surface area contributed by atoms with Crippen molar-refractivity contribution in [3.05, 3.63) is 0 Å². The van der Waals surface area contributed by atoms with Crippen LogP contribution in [0.2, 0.25) is 0 Å². The first kappa shape index (κ1) is 9.66. The molecule has 0 amide bonds. The third-order valence-corrected chi connectivity index (χ3v) is 3.48. The SMILES string of the molecule is C[PH](O)(O)O[PH](C)(O)O. The Morgan fingerprint density at radius 1 is 0.889 bits per heavy atom. The molecule has 0 aromatic rings. The Kier molecular flexibility index (Phi) is 2.92. The van der Waals surface area contributed by atoms with Crippen molar-refractivity contribution in [1.82, 2.24) is 0 Å². The molecule has 0 bridgehead atoms. The first-order valence-electron chi connectivity index (χ1n) is 2.30. The van der Waals surface area contributed by atoms with Gasteiger partial charge in [-0.25, -0.2) is 0 Å². The van der Waals surface area contributed by atoms with Crippen LogP contribution >= 0.6 is 15.9 Å². The van der Waals surface area contributed by atoms with E-state index in [9.17, 15) is 0 Å². The zero-order chi connectivity index (χ0) is 7.71. The quantitative estimate of drug-likeness (QED) is 0.416. The van der Waals surface area contributed by atoms with E-state index >= 15 is 0 Å². The summed E-state index contributed by atoms with van der Waals surface area (Å²) in [5, 5.41) is 0. The third kappa shape index (κ3) is 8.66. The second-order valence-corrected chi connectivity index (χ2v) is 6.52. The molecule has 0 saturated carbocycles. The molecular weight excluding hydrogens is 166 g/mol. The van der Waals surface area contributed by atoms with Crippen molar-refractivity contribution in [1.29, 1.82) is 0 Å². The minimum absolute atomic E-state index is 1.03. The molecule has 7 heteroatoms. The van der Waals surface area contributed by atoms with Crippen LogP contribution in [0.3, 0.4) is 0 Å². The summed E-state index contributed by atoms with van der Waals surface area (Å²) in [6.45, 7) is 2.06. The van der Waals surface area contributed by atoms with Gasteiger partial charge in [0.15, 0.2) is 0 Å². The Morgan fingerprint density at radius 2 is 1.11 bits per heavy atom. The molecule has 60 valence electrons. The van der Waals surface area contributed by atoms with Crippen LogP contribution in [0.15, 0.2) is 0 Å². The van der Waals surface area contributed by atoms with Gasteiger partial charge in [0.05, 0.1) is 0 Å². The first-order chi connectivity index (χ1) is 3.71. The second kappa shape index (κ2) is 2.72. The summed E-state index contributed by atoms with van der Waals surface area (Å²) in [5.74, 6) is 0. The molecule has 4 N–H and O–H groups in total. The third-order valence-electron chi connectivity index (χ3n) is 0.387. The van der Waals surface area contributed by atoms with E-state index in [-0.39, 0.29) is 0 Å². The van der Waals surface area contributed by atoms with Gasteiger partial charge in [-0.15, -0.1) is 0 Å². The molecule has 0 aromatic heterocycles. The van der Waals surface area contributed by atoms with Crippen LogP contribution in [-0.2, 0) is 4.31 Å². The molecular formula is C2H12O5P2. The molecule has 0 aliphatic heterocycles. The van der Waals surface area contributed by atoms with Crippen molar-refractivity contribution in [3.8, 4) is 0 Å². The van der Waals surface area contributed by atoms with Crippen molar-refractivity contribution >= 4 is 15.9 Å². The fourth-order valence-electron chi connectivity index (χ4n) is 0.366. The normalized spacial score (nSPS) is 17.6. The summed E-state index contributed by atoms with van der Waals surface area (Å²) in [5.41, 5.74) is 0. The van der Waals surface area contributed by atoms with Gasteiger partial charge < -0.3 is 0 Å². The van der Waals surface area contributed by atoms with Crippen LogP contribution in [-0.4, -0.2) is 32.9 Å². The van der Waals surface area contributed by atoms with Gasteiger partial charge >= 0.3 is 53.1 Å². The van der Waals surface area contributed by atoms with Crippen LogP contribution < -0.4 is 0 Å². The van der Waals surface area contributed by atoms with E-state index in [1.165, 1.54) is 0 Å². The average Bonchev–Trinajstić information content (AvgIpc) is 1.14. The predicted octanol–water partition coefficient (Wildman–Crippen LogP) is -0.778. The zero-order valence-electron chi connectivity index (χ0n) is 5.20. The predicted molar refractivity (Wildman–Crippen MR) is 38.4 cm³/mol. The minimum atomic E-state index is -3.73. The number of hydrogen-bond acceptors (Lipinski definition) is 5. The van der Waals surface area contributed by atoms with Gasteiger partial charge in [-0.2, -0.15) is 0 Å². The van der Waals surface area contributed by atoms with Crippen LogP contribution in [0.1, 0.15) is 0 Å². The molecule has 0 fully saturated rings. The molecule has 0 heterocycles. The molecule has 0 unspecified atom stereocenters. The van der Waals surface area contributed by atoms with Crippen molar-refractivity contribution in [2.75, 3.05) is 13.3 Å². The molecule has 0 aliphatic carbocycles. The van der Waals surface area contributed by atoms with E-state index in [0.29, 0.717) is 0 Å². The summed E-state index contributed by atoms with van der Waals surface area (Å²) < 4.78 is 4.12. The van der Waals surface area contributed by atoms with Gasteiger partial charge in [-0.3, -0.25) is 0 Å². The summed E-state index contributed by atoms with van der Waals surface area (Å²) in [7, 11) is -7.46. The molecule has 0 atom stereocenters. The number of rotatable bonds is 2. The monoisotopic (exact) mass is 178 g/mol. The van der Waals surface area contributed by atoms with Gasteiger partial charge in [0.25, 0.3) is 0 Å². The Balaban J connectivity index is 3.75. The number of hydrogen-bond donors (Lipinski definition) is 4. The molecule has 0 rings (SSSR count). The molecule has 5 nitrogen and oxygen atoms in total. The fourth-order valence-corrected chi connectivity index (χ4v) is 3.30.